The third-order valence-electron chi connectivity index (χ3n) is 3.90. The molecule has 1 aromatic heterocycles. The van der Waals surface area contributed by atoms with Crippen molar-refractivity contribution >= 4 is 22.6 Å². The van der Waals surface area contributed by atoms with E-state index in [1.807, 2.05) is 24.3 Å². The number of aromatic nitrogens is 1. The van der Waals surface area contributed by atoms with Crippen LogP contribution in [0.25, 0.3) is 11.0 Å². The van der Waals surface area contributed by atoms with Crippen molar-refractivity contribution in [3.8, 4) is 11.5 Å². The van der Waals surface area contributed by atoms with E-state index in [4.69, 9.17) is 14.0 Å². The Kier molecular flexibility index (Phi) is 4.37. The third kappa shape index (κ3) is 2.90. The minimum Gasteiger partial charge on any atom is -0.493 e. The van der Waals surface area contributed by atoms with Crippen LogP contribution in [0.3, 0.4) is 0 Å². The first-order valence-electron chi connectivity index (χ1n) is 7.46. The first-order valence-corrected chi connectivity index (χ1v) is 7.46. The summed E-state index contributed by atoms with van der Waals surface area (Å²) in [6, 6.07) is 12.8. The van der Waals surface area contributed by atoms with E-state index < -0.39 is 0 Å². The molecule has 0 N–H and O–H groups in total. The highest BCUT2D eigenvalue weighted by atomic mass is 16.5. The standard InChI is InChI=1S/C18H18N2O4/c1-20(12-8-9-16(22-2)17(10-12)23-3)18(21)11-14-13-6-4-5-7-15(13)24-19-14/h4-10H,11H2,1-3H3. The zero-order valence-electron chi connectivity index (χ0n) is 13.8. The number of amides is 1. The van der Waals surface area contributed by atoms with Crippen molar-refractivity contribution in [1.82, 2.24) is 5.16 Å². The lowest BCUT2D eigenvalue weighted by Crippen LogP contribution is -2.28. The molecule has 0 spiro atoms. The van der Waals surface area contributed by atoms with Gasteiger partial charge in [-0.05, 0) is 24.3 Å². The van der Waals surface area contributed by atoms with Crippen LogP contribution in [0.4, 0.5) is 5.69 Å². The number of hydrogen-bond donors (Lipinski definition) is 0. The molecule has 6 nitrogen and oxygen atoms in total. The fourth-order valence-corrected chi connectivity index (χ4v) is 2.50. The second-order valence-corrected chi connectivity index (χ2v) is 5.29. The van der Waals surface area contributed by atoms with Gasteiger partial charge in [-0.2, -0.15) is 0 Å². The molecule has 0 bridgehead atoms. The number of hydrogen-bond acceptors (Lipinski definition) is 5. The van der Waals surface area contributed by atoms with E-state index in [-0.39, 0.29) is 12.3 Å². The molecule has 0 unspecified atom stereocenters. The van der Waals surface area contributed by atoms with Crippen molar-refractivity contribution in [2.45, 2.75) is 6.42 Å². The van der Waals surface area contributed by atoms with Gasteiger partial charge in [0.1, 0.15) is 5.69 Å². The van der Waals surface area contributed by atoms with Gasteiger partial charge in [-0.25, -0.2) is 0 Å². The van der Waals surface area contributed by atoms with Crippen LogP contribution >= 0.6 is 0 Å². The molecule has 0 aliphatic rings. The smallest absolute Gasteiger partial charge is 0.232 e. The van der Waals surface area contributed by atoms with Crippen LogP contribution in [0.15, 0.2) is 47.0 Å². The lowest BCUT2D eigenvalue weighted by atomic mass is 10.1. The Morgan fingerprint density at radius 3 is 2.62 bits per heavy atom. The van der Waals surface area contributed by atoms with Crippen LogP contribution in [0.2, 0.25) is 0 Å². The molecule has 6 heteroatoms. The Labute approximate surface area is 139 Å². The van der Waals surface area contributed by atoms with E-state index in [2.05, 4.69) is 5.16 Å². The largest absolute Gasteiger partial charge is 0.493 e. The summed E-state index contributed by atoms with van der Waals surface area (Å²) in [7, 11) is 4.85. The normalized spacial score (nSPS) is 10.6. The molecule has 0 saturated carbocycles. The van der Waals surface area contributed by atoms with E-state index >= 15 is 0 Å². The first-order chi connectivity index (χ1) is 11.6. The highest BCUT2D eigenvalue weighted by Gasteiger charge is 2.17. The van der Waals surface area contributed by atoms with Crippen molar-refractivity contribution in [3.63, 3.8) is 0 Å². The second kappa shape index (κ2) is 6.62. The molecule has 0 saturated heterocycles. The molecule has 0 radical (unpaired) electrons. The molecule has 3 aromatic rings. The van der Waals surface area contributed by atoms with E-state index in [0.29, 0.717) is 28.5 Å². The number of nitrogens with zero attached hydrogens (tertiary/aromatic N) is 2. The molecule has 1 heterocycles. The van der Waals surface area contributed by atoms with Crippen LogP contribution in [-0.4, -0.2) is 32.3 Å². The number of fused-ring (bicyclic) bond motifs is 1. The summed E-state index contributed by atoms with van der Waals surface area (Å²) in [5.74, 6) is 1.09. The van der Waals surface area contributed by atoms with Crippen molar-refractivity contribution in [2.24, 2.45) is 0 Å². The van der Waals surface area contributed by atoms with Gasteiger partial charge in [-0.1, -0.05) is 17.3 Å². The summed E-state index contributed by atoms with van der Waals surface area (Å²) in [6.07, 6.45) is 0.155. The Morgan fingerprint density at radius 2 is 1.88 bits per heavy atom. The number of anilines is 1. The van der Waals surface area contributed by atoms with E-state index in [0.717, 1.165) is 5.39 Å². The van der Waals surface area contributed by atoms with Gasteiger partial charge >= 0.3 is 0 Å². The summed E-state index contributed by atoms with van der Waals surface area (Å²) in [5, 5.41) is 4.86. The fraction of sp³-hybridized carbons (Fsp3) is 0.222. The molecule has 0 fully saturated rings. The number of likely N-dealkylation sites (N-methyl/N-ethyl adjacent to an activating group) is 1. The van der Waals surface area contributed by atoms with E-state index in [1.165, 1.54) is 0 Å². The number of methoxy groups -OCH3 is 2. The molecule has 0 atom stereocenters. The maximum Gasteiger partial charge on any atom is 0.232 e. The van der Waals surface area contributed by atoms with Crippen molar-refractivity contribution < 1.29 is 18.8 Å². The van der Waals surface area contributed by atoms with Crippen molar-refractivity contribution in [1.29, 1.82) is 0 Å². The summed E-state index contributed by atoms with van der Waals surface area (Å²) in [6.45, 7) is 0. The number of carbonyl (C=O) groups is 1. The zero-order valence-corrected chi connectivity index (χ0v) is 13.8. The molecule has 3 rings (SSSR count). The number of carbonyl (C=O) groups excluding carboxylic acids is 1. The average molecular weight is 326 g/mol. The SMILES string of the molecule is COc1ccc(N(C)C(=O)Cc2noc3ccccc23)cc1OC. The van der Waals surface area contributed by atoms with Gasteiger partial charge in [0, 0.05) is 24.2 Å². The van der Waals surface area contributed by atoms with E-state index in [9.17, 15) is 4.79 Å². The lowest BCUT2D eigenvalue weighted by molar-refractivity contribution is -0.117. The van der Waals surface area contributed by atoms with Crippen molar-refractivity contribution in [3.05, 3.63) is 48.2 Å². The minimum atomic E-state index is -0.0960. The predicted octanol–water partition coefficient (Wildman–Crippen LogP) is 3.05. The molecule has 0 aliphatic heterocycles. The Hall–Kier alpha value is -3.02. The second-order valence-electron chi connectivity index (χ2n) is 5.29. The fourth-order valence-electron chi connectivity index (χ4n) is 2.50. The average Bonchev–Trinajstić information content (AvgIpc) is 3.03. The monoisotopic (exact) mass is 326 g/mol. The molecule has 2 aromatic carbocycles. The van der Waals surface area contributed by atoms with Gasteiger partial charge in [-0.3, -0.25) is 4.79 Å². The molecular formula is C18H18N2O4. The number of rotatable bonds is 5. The highest BCUT2D eigenvalue weighted by molar-refractivity contribution is 5.96. The summed E-state index contributed by atoms with van der Waals surface area (Å²) >= 11 is 0. The maximum atomic E-state index is 12.6. The predicted molar refractivity (Wildman–Crippen MR) is 90.7 cm³/mol. The quantitative estimate of drug-likeness (QED) is 0.721. The van der Waals surface area contributed by atoms with Gasteiger partial charge in [0.25, 0.3) is 0 Å². The Morgan fingerprint density at radius 1 is 1.12 bits per heavy atom. The molecule has 24 heavy (non-hydrogen) atoms. The lowest BCUT2D eigenvalue weighted by Gasteiger charge is -2.18. The van der Waals surface area contributed by atoms with Crippen LogP contribution < -0.4 is 14.4 Å². The van der Waals surface area contributed by atoms with Gasteiger partial charge in [0.2, 0.25) is 5.91 Å². The topological polar surface area (TPSA) is 64.8 Å². The number of ether oxygens (including phenoxy) is 2. The van der Waals surface area contributed by atoms with Crippen LogP contribution in [0, 0.1) is 0 Å². The number of benzene rings is 2. The zero-order chi connectivity index (χ0) is 17.1. The summed E-state index contributed by atoms with van der Waals surface area (Å²) in [5.41, 5.74) is 2.02. The van der Waals surface area contributed by atoms with Gasteiger partial charge in [-0.15, -0.1) is 0 Å². The molecular weight excluding hydrogens is 308 g/mol. The van der Waals surface area contributed by atoms with Gasteiger partial charge < -0.3 is 18.9 Å². The Bertz CT molecular complexity index is 872. The van der Waals surface area contributed by atoms with Crippen LogP contribution in [0.1, 0.15) is 5.69 Å². The number of para-hydroxylation sites is 1. The van der Waals surface area contributed by atoms with E-state index in [1.54, 1.807) is 44.4 Å². The summed E-state index contributed by atoms with van der Waals surface area (Å²) < 4.78 is 15.7. The van der Waals surface area contributed by atoms with Crippen molar-refractivity contribution in [2.75, 3.05) is 26.2 Å². The van der Waals surface area contributed by atoms with Gasteiger partial charge in [0.15, 0.2) is 17.1 Å². The van der Waals surface area contributed by atoms with Gasteiger partial charge in [0.05, 0.1) is 20.6 Å². The molecule has 0 aliphatic carbocycles. The minimum absolute atomic E-state index is 0.0960. The van der Waals surface area contributed by atoms with Crippen LogP contribution in [-0.2, 0) is 11.2 Å². The molecule has 124 valence electrons. The molecule has 1 amide bonds. The third-order valence-corrected chi connectivity index (χ3v) is 3.90. The van der Waals surface area contributed by atoms with Crippen LogP contribution in [0.5, 0.6) is 11.5 Å². The highest BCUT2D eigenvalue weighted by Crippen LogP contribution is 2.31. The maximum absolute atomic E-state index is 12.6. The first kappa shape index (κ1) is 15.9. The Balaban J connectivity index is 1.82. The summed E-state index contributed by atoms with van der Waals surface area (Å²) in [4.78, 5) is 14.1.